The summed E-state index contributed by atoms with van der Waals surface area (Å²) in [7, 11) is 1.66. The molecular formula is C20H26N4O3S. The van der Waals surface area contributed by atoms with Gasteiger partial charge in [0.05, 0.1) is 25.4 Å². The Morgan fingerprint density at radius 1 is 1.21 bits per heavy atom. The molecule has 1 aromatic carbocycles. The highest BCUT2D eigenvalue weighted by atomic mass is 32.1. The molecule has 2 heterocycles. The van der Waals surface area contributed by atoms with Crippen molar-refractivity contribution in [2.75, 3.05) is 20.3 Å². The Labute approximate surface area is 169 Å². The van der Waals surface area contributed by atoms with E-state index in [0.717, 1.165) is 27.8 Å². The van der Waals surface area contributed by atoms with Crippen LogP contribution < -0.4 is 4.74 Å². The van der Waals surface area contributed by atoms with Crippen molar-refractivity contribution in [1.29, 1.82) is 0 Å². The predicted molar refractivity (Wildman–Crippen MR) is 110 cm³/mol. The van der Waals surface area contributed by atoms with E-state index >= 15 is 0 Å². The number of aliphatic hydroxyl groups excluding tert-OH is 1. The first-order valence-electron chi connectivity index (χ1n) is 9.37. The van der Waals surface area contributed by atoms with Crippen molar-refractivity contribution in [3.63, 3.8) is 0 Å². The van der Waals surface area contributed by atoms with Crippen LogP contribution in [0.3, 0.4) is 0 Å². The summed E-state index contributed by atoms with van der Waals surface area (Å²) >= 11 is 1.54. The minimum absolute atomic E-state index is 0.106. The van der Waals surface area contributed by atoms with E-state index < -0.39 is 0 Å². The molecular weight excluding hydrogens is 376 g/mol. The molecule has 0 unspecified atom stereocenters. The van der Waals surface area contributed by atoms with Gasteiger partial charge in [0.25, 0.3) is 0 Å². The van der Waals surface area contributed by atoms with E-state index in [1.54, 1.807) is 18.4 Å². The Kier molecular flexibility index (Phi) is 7.13. The number of ether oxygens (including phenoxy) is 2. The van der Waals surface area contributed by atoms with Gasteiger partial charge in [0.2, 0.25) is 0 Å². The molecule has 8 heteroatoms. The summed E-state index contributed by atoms with van der Waals surface area (Å²) in [4.78, 5) is 9.45. The van der Waals surface area contributed by atoms with Gasteiger partial charge in [-0.2, -0.15) is 5.10 Å². The molecule has 3 rings (SSSR count). The highest BCUT2D eigenvalue weighted by Gasteiger charge is 2.17. The molecule has 1 N–H and O–H groups in total. The Hall–Kier alpha value is -2.29. The smallest absolute Gasteiger partial charge is 0.177 e. The molecule has 3 aromatic rings. The molecule has 7 nitrogen and oxygen atoms in total. The van der Waals surface area contributed by atoms with Crippen molar-refractivity contribution >= 4 is 11.3 Å². The molecule has 0 aliphatic rings. The molecule has 0 fully saturated rings. The topological polar surface area (TPSA) is 82.3 Å². The van der Waals surface area contributed by atoms with Crippen LogP contribution in [0.25, 0.3) is 22.1 Å². The molecule has 150 valence electrons. The van der Waals surface area contributed by atoms with E-state index in [1.807, 2.05) is 48.2 Å². The Bertz CT molecular complexity index is 891. The van der Waals surface area contributed by atoms with Gasteiger partial charge < -0.3 is 14.6 Å². The summed E-state index contributed by atoms with van der Waals surface area (Å²) in [5.74, 6) is 2.22. The number of thiazole rings is 1. The lowest BCUT2D eigenvalue weighted by Gasteiger charge is -2.05. The normalized spacial score (nSPS) is 11.3. The van der Waals surface area contributed by atoms with Gasteiger partial charge in [-0.15, -0.1) is 11.3 Å². The largest absolute Gasteiger partial charge is 0.496 e. The molecule has 2 aromatic heterocycles. The Morgan fingerprint density at radius 3 is 2.79 bits per heavy atom. The van der Waals surface area contributed by atoms with Crippen molar-refractivity contribution < 1.29 is 14.6 Å². The standard InChI is InChI=1S/C20H26N4O3S/c1-14(2)27-12-9-18-22-19(24(23-18)10-6-11-25)16-13-28-20(21-16)15-7-4-5-8-17(15)26-3/h4-5,7-8,13-14,25H,6,9-12H2,1-3H3. The van der Waals surface area contributed by atoms with Gasteiger partial charge in [-0.25, -0.2) is 14.6 Å². The molecule has 0 amide bonds. The lowest BCUT2D eigenvalue weighted by Crippen LogP contribution is -2.08. The number of rotatable bonds is 10. The number of aliphatic hydroxyl groups is 1. The maximum Gasteiger partial charge on any atom is 0.177 e. The second-order valence-electron chi connectivity index (χ2n) is 6.56. The summed E-state index contributed by atoms with van der Waals surface area (Å²) in [5.41, 5.74) is 1.72. The number of benzene rings is 1. The second-order valence-corrected chi connectivity index (χ2v) is 7.42. The average molecular weight is 403 g/mol. The lowest BCUT2D eigenvalue weighted by atomic mass is 10.2. The van der Waals surface area contributed by atoms with Crippen molar-refractivity contribution in [2.24, 2.45) is 0 Å². The molecule has 0 bridgehead atoms. The Balaban J connectivity index is 1.87. The summed E-state index contributed by atoms with van der Waals surface area (Å²) in [5, 5.41) is 16.6. The molecule has 0 spiro atoms. The van der Waals surface area contributed by atoms with E-state index in [0.29, 0.717) is 31.8 Å². The number of para-hydroxylation sites is 1. The van der Waals surface area contributed by atoms with Gasteiger partial charge in [0, 0.05) is 25.0 Å². The van der Waals surface area contributed by atoms with Crippen molar-refractivity contribution in [3.05, 3.63) is 35.5 Å². The van der Waals surface area contributed by atoms with Crippen LogP contribution >= 0.6 is 11.3 Å². The summed E-state index contributed by atoms with van der Waals surface area (Å²) in [6.07, 6.45) is 1.43. The predicted octanol–water partition coefficient (Wildman–Crippen LogP) is 3.43. The van der Waals surface area contributed by atoms with E-state index in [1.165, 1.54) is 0 Å². The van der Waals surface area contributed by atoms with Crippen molar-refractivity contribution in [3.8, 4) is 27.8 Å². The van der Waals surface area contributed by atoms with Crippen LogP contribution in [0.2, 0.25) is 0 Å². The van der Waals surface area contributed by atoms with Gasteiger partial charge in [-0.05, 0) is 32.4 Å². The highest BCUT2D eigenvalue weighted by Crippen LogP contribution is 2.34. The summed E-state index contributed by atoms with van der Waals surface area (Å²) in [6, 6.07) is 7.82. The minimum Gasteiger partial charge on any atom is -0.496 e. The second kappa shape index (κ2) is 9.77. The van der Waals surface area contributed by atoms with Gasteiger partial charge in [0.1, 0.15) is 16.5 Å². The van der Waals surface area contributed by atoms with Gasteiger partial charge in [0.15, 0.2) is 11.6 Å². The molecule has 0 aliphatic carbocycles. The minimum atomic E-state index is 0.106. The third kappa shape index (κ3) is 4.95. The molecule has 0 aliphatic heterocycles. The molecule has 0 atom stereocenters. The first kappa shape index (κ1) is 20.4. The highest BCUT2D eigenvalue weighted by molar-refractivity contribution is 7.13. The number of nitrogens with zero attached hydrogens (tertiary/aromatic N) is 4. The van der Waals surface area contributed by atoms with E-state index in [4.69, 9.17) is 14.5 Å². The zero-order valence-corrected chi connectivity index (χ0v) is 17.3. The van der Waals surface area contributed by atoms with Gasteiger partial charge >= 0.3 is 0 Å². The van der Waals surface area contributed by atoms with E-state index in [2.05, 4.69) is 10.1 Å². The first-order valence-corrected chi connectivity index (χ1v) is 10.3. The molecule has 0 saturated carbocycles. The molecule has 0 radical (unpaired) electrons. The van der Waals surface area contributed by atoms with Crippen LogP contribution in [0.1, 0.15) is 26.1 Å². The molecule has 28 heavy (non-hydrogen) atoms. The third-order valence-electron chi connectivity index (χ3n) is 4.09. The average Bonchev–Trinajstić information content (AvgIpc) is 3.33. The van der Waals surface area contributed by atoms with Gasteiger partial charge in [-0.3, -0.25) is 0 Å². The van der Waals surface area contributed by atoms with E-state index in [-0.39, 0.29) is 12.7 Å². The van der Waals surface area contributed by atoms with Crippen LogP contribution in [-0.2, 0) is 17.7 Å². The fourth-order valence-corrected chi connectivity index (χ4v) is 3.60. The zero-order chi connectivity index (χ0) is 19.9. The van der Waals surface area contributed by atoms with Crippen LogP contribution in [0.4, 0.5) is 0 Å². The molecule has 0 saturated heterocycles. The van der Waals surface area contributed by atoms with Crippen LogP contribution in [0.5, 0.6) is 5.75 Å². The fourth-order valence-electron chi connectivity index (χ4n) is 2.77. The summed E-state index contributed by atoms with van der Waals surface area (Å²) in [6.45, 7) is 5.28. The number of methoxy groups -OCH3 is 1. The fraction of sp³-hybridized carbons (Fsp3) is 0.450. The monoisotopic (exact) mass is 402 g/mol. The Morgan fingerprint density at radius 2 is 2.04 bits per heavy atom. The first-order chi connectivity index (χ1) is 13.6. The lowest BCUT2D eigenvalue weighted by molar-refractivity contribution is 0.0804. The number of aryl methyl sites for hydroxylation is 1. The number of hydrogen-bond donors (Lipinski definition) is 1. The maximum atomic E-state index is 9.20. The maximum absolute atomic E-state index is 9.20. The summed E-state index contributed by atoms with van der Waals surface area (Å²) < 4.78 is 12.9. The quantitative estimate of drug-likeness (QED) is 0.559. The van der Waals surface area contributed by atoms with Crippen LogP contribution in [0, 0.1) is 0 Å². The SMILES string of the molecule is COc1ccccc1-c1nc(-c2nc(CCOC(C)C)nn2CCCO)cs1. The van der Waals surface area contributed by atoms with Crippen molar-refractivity contribution in [2.45, 2.75) is 39.3 Å². The zero-order valence-electron chi connectivity index (χ0n) is 16.5. The number of aromatic nitrogens is 4. The third-order valence-corrected chi connectivity index (χ3v) is 4.97. The van der Waals surface area contributed by atoms with Crippen molar-refractivity contribution in [1.82, 2.24) is 19.7 Å². The van der Waals surface area contributed by atoms with E-state index in [9.17, 15) is 5.11 Å². The van der Waals surface area contributed by atoms with Gasteiger partial charge in [-0.1, -0.05) is 12.1 Å². The van der Waals surface area contributed by atoms with Crippen LogP contribution in [-0.4, -0.2) is 51.3 Å². The van der Waals surface area contributed by atoms with Crippen LogP contribution in [0.15, 0.2) is 29.6 Å². The number of hydrogen-bond acceptors (Lipinski definition) is 7.